The van der Waals surface area contributed by atoms with E-state index in [2.05, 4.69) is 15.6 Å². The largest absolute Gasteiger partial charge is 0.481 e. The van der Waals surface area contributed by atoms with Crippen molar-refractivity contribution in [1.29, 1.82) is 0 Å². The molecule has 1 aromatic heterocycles. The van der Waals surface area contributed by atoms with E-state index in [1.165, 1.54) is 6.92 Å². The average Bonchev–Trinajstić information content (AvgIpc) is 2.65. The summed E-state index contributed by atoms with van der Waals surface area (Å²) in [5.74, 6) is 0.417. The van der Waals surface area contributed by atoms with Crippen molar-refractivity contribution in [2.24, 2.45) is 0 Å². The molecule has 7 heteroatoms. The topological polar surface area (TPSA) is 83.6 Å². The fourth-order valence-electron chi connectivity index (χ4n) is 3.11. The number of methoxy groups -OCH3 is 1. The van der Waals surface area contributed by atoms with Gasteiger partial charge >= 0.3 is 6.03 Å². The third kappa shape index (κ3) is 3.93. The number of nitrogens with one attached hydrogen (secondary N) is 2. The summed E-state index contributed by atoms with van der Waals surface area (Å²) in [5, 5.41) is 5.78. The minimum Gasteiger partial charge on any atom is -0.481 e. The first-order chi connectivity index (χ1) is 12.6. The molecule has 0 radical (unpaired) electrons. The van der Waals surface area contributed by atoms with Crippen molar-refractivity contribution < 1.29 is 14.3 Å². The SMILES string of the molecule is COc1ncccc1CNC(=O)N1CCc2c(cccc2NC(C)=O)C1. The molecule has 0 spiro atoms. The zero-order chi connectivity index (χ0) is 18.5. The van der Waals surface area contributed by atoms with Crippen molar-refractivity contribution in [3.05, 3.63) is 53.2 Å². The van der Waals surface area contributed by atoms with Crippen LogP contribution >= 0.6 is 0 Å². The van der Waals surface area contributed by atoms with Gasteiger partial charge in [0.15, 0.2) is 0 Å². The maximum atomic E-state index is 12.5. The highest BCUT2D eigenvalue weighted by Gasteiger charge is 2.22. The number of anilines is 1. The highest BCUT2D eigenvalue weighted by molar-refractivity contribution is 5.90. The van der Waals surface area contributed by atoms with E-state index >= 15 is 0 Å². The predicted octanol–water partition coefficient (Wildman–Crippen LogP) is 2.32. The van der Waals surface area contributed by atoms with Gasteiger partial charge in [0.1, 0.15) is 0 Å². The molecule has 1 aliphatic rings. The van der Waals surface area contributed by atoms with Crippen LogP contribution in [0.25, 0.3) is 0 Å². The van der Waals surface area contributed by atoms with Gasteiger partial charge in [0, 0.05) is 44.0 Å². The molecule has 0 bridgehead atoms. The molecular weight excluding hydrogens is 332 g/mol. The van der Waals surface area contributed by atoms with Gasteiger partial charge in [-0.2, -0.15) is 0 Å². The molecule has 1 aromatic carbocycles. The number of hydrogen-bond donors (Lipinski definition) is 2. The zero-order valence-corrected chi connectivity index (χ0v) is 14.9. The Morgan fingerprint density at radius 3 is 2.88 bits per heavy atom. The van der Waals surface area contributed by atoms with Gasteiger partial charge in [-0.3, -0.25) is 4.79 Å². The lowest BCUT2D eigenvalue weighted by molar-refractivity contribution is -0.114. The first kappa shape index (κ1) is 17.7. The van der Waals surface area contributed by atoms with Crippen molar-refractivity contribution in [1.82, 2.24) is 15.2 Å². The summed E-state index contributed by atoms with van der Waals surface area (Å²) in [6.45, 7) is 2.96. The fraction of sp³-hybridized carbons (Fsp3) is 0.316. The molecule has 7 nitrogen and oxygen atoms in total. The van der Waals surface area contributed by atoms with E-state index in [-0.39, 0.29) is 11.9 Å². The highest BCUT2D eigenvalue weighted by atomic mass is 16.5. The molecule has 3 rings (SSSR count). The third-order valence-electron chi connectivity index (χ3n) is 4.34. The van der Waals surface area contributed by atoms with Crippen LogP contribution in [0.2, 0.25) is 0 Å². The van der Waals surface area contributed by atoms with Crippen LogP contribution in [0.5, 0.6) is 5.88 Å². The van der Waals surface area contributed by atoms with Gasteiger partial charge in [-0.25, -0.2) is 9.78 Å². The number of hydrogen-bond acceptors (Lipinski definition) is 4. The van der Waals surface area contributed by atoms with Crippen LogP contribution in [0, 0.1) is 0 Å². The van der Waals surface area contributed by atoms with Gasteiger partial charge in [-0.15, -0.1) is 0 Å². The van der Waals surface area contributed by atoms with E-state index in [1.54, 1.807) is 18.2 Å². The van der Waals surface area contributed by atoms with Crippen LogP contribution in [0.3, 0.4) is 0 Å². The third-order valence-corrected chi connectivity index (χ3v) is 4.34. The van der Waals surface area contributed by atoms with Crippen molar-refractivity contribution >= 4 is 17.6 Å². The van der Waals surface area contributed by atoms with E-state index in [0.29, 0.717) is 31.9 Å². The molecular formula is C19H22N4O3. The molecule has 0 unspecified atom stereocenters. The Morgan fingerprint density at radius 1 is 1.27 bits per heavy atom. The molecule has 0 fully saturated rings. The van der Waals surface area contributed by atoms with Crippen LogP contribution < -0.4 is 15.4 Å². The number of ether oxygens (including phenoxy) is 1. The van der Waals surface area contributed by atoms with Gasteiger partial charge in [0.2, 0.25) is 11.8 Å². The number of fused-ring (bicyclic) bond motifs is 1. The highest BCUT2D eigenvalue weighted by Crippen LogP contribution is 2.26. The van der Waals surface area contributed by atoms with E-state index < -0.39 is 0 Å². The number of benzene rings is 1. The second-order valence-electron chi connectivity index (χ2n) is 6.13. The molecule has 1 aliphatic heterocycles. The van der Waals surface area contributed by atoms with E-state index in [0.717, 1.165) is 22.4 Å². The summed E-state index contributed by atoms with van der Waals surface area (Å²) in [6.07, 6.45) is 2.35. The lowest BCUT2D eigenvalue weighted by atomic mass is 9.98. The van der Waals surface area contributed by atoms with Crippen LogP contribution in [-0.4, -0.2) is 35.5 Å². The van der Waals surface area contributed by atoms with Crippen molar-refractivity contribution in [2.45, 2.75) is 26.4 Å². The number of carbonyl (C=O) groups is 2. The minimum absolute atomic E-state index is 0.0935. The lowest BCUT2D eigenvalue weighted by Crippen LogP contribution is -2.42. The van der Waals surface area contributed by atoms with Gasteiger partial charge in [-0.05, 0) is 29.7 Å². The lowest BCUT2D eigenvalue weighted by Gasteiger charge is -2.30. The Morgan fingerprint density at radius 2 is 2.12 bits per heavy atom. The van der Waals surface area contributed by atoms with Crippen LogP contribution in [-0.2, 0) is 24.3 Å². The summed E-state index contributed by atoms with van der Waals surface area (Å²) in [6, 6.07) is 9.33. The number of nitrogens with zero attached hydrogens (tertiary/aromatic N) is 2. The number of urea groups is 1. The maximum absolute atomic E-state index is 12.5. The Hall–Kier alpha value is -3.09. The summed E-state index contributed by atoms with van der Waals surface area (Å²) in [5.41, 5.74) is 3.81. The standard InChI is InChI=1S/C19H22N4O3/c1-13(24)22-17-7-3-5-15-12-23(10-8-16(15)17)19(25)21-11-14-6-4-9-20-18(14)26-2/h3-7,9H,8,10-12H2,1-2H3,(H,21,25)(H,22,24). The summed E-state index contributed by atoms with van der Waals surface area (Å²) in [4.78, 5) is 29.8. The number of rotatable bonds is 4. The quantitative estimate of drug-likeness (QED) is 0.883. The van der Waals surface area contributed by atoms with Gasteiger partial charge in [0.25, 0.3) is 0 Å². The molecule has 2 N–H and O–H groups in total. The first-order valence-corrected chi connectivity index (χ1v) is 8.47. The van der Waals surface area contributed by atoms with E-state index in [9.17, 15) is 9.59 Å². The smallest absolute Gasteiger partial charge is 0.317 e. The summed E-state index contributed by atoms with van der Waals surface area (Å²) < 4.78 is 5.20. The van der Waals surface area contributed by atoms with Crippen LogP contribution in [0.15, 0.2) is 36.5 Å². The normalized spacial score (nSPS) is 12.9. The number of carbonyl (C=O) groups excluding carboxylic acids is 2. The Bertz CT molecular complexity index is 822. The van der Waals surface area contributed by atoms with E-state index in [4.69, 9.17) is 4.74 Å². The number of aromatic nitrogens is 1. The van der Waals surface area contributed by atoms with Crippen molar-refractivity contribution in [3.63, 3.8) is 0 Å². The second kappa shape index (κ2) is 7.86. The number of amides is 3. The van der Waals surface area contributed by atoms with E-state index in [1.807, 2.05) is 30.3 Å². The molecule has 136 valence electrons. The molecule has 26 heavy (non-hydrogen) atoms. The van der Waals surface area contributed by atoms with Crippen LogP contribution in [0.1, 0.15) is 23.6 Å². The Kier molecular flexibility index (Phi) is 5.36. The molecule has 3 amide bonds. The summed E-state index contributed by atoms with van der Waals surface area (Å²) >= 11 is 0. The molecule has 0 atom stereocenters. The maximum Gasteiger partial charge on any atom is 0.317 e. The van der Waals surface area contributed by atoms with Crippen molar-refractivity contribution in [3.8, 4) is 5.88 Å². The minimum atomic E-state index is -0.133. The fourth-order valence-corrected chi connectivity index (χ4v) is 3.11. The van der Waals surface area contributed by atoms with Gasteiger partial charge in [-0.1, -0.05) is 18.2 Å². The Balaban J connectivity index is 1.65. The predicted molar refractivity (Wildman–Crippen MR) is 97.9 cm³/mol. The second-order valence-corrected chi connectivity index (χ2v) is 6.13. The summed E-state index contributed by atoms with van der Waals surface area (Å²) in [7, 11) is 1.56. The molecule has 0 saturated heterocycles. The first-order valence-electron chi connectivity index (χ1n) is 8.47. The molecule has 0 saturated carbocycles. The van der Waals surface area contributed by atoms with Gasteiger partial charge in [0.05, 0.1) is 7.11 Å². The van der Waals surface area contributed by atoms with Crippen LogP contribution in [0.4, 0.5) is 10.5 Å². The monoisotopic (exact) mass is 354 g/mol. The molecule has 2 heterocycles. The number of pyridine rings is 1. The van der Waals surface area contributed by atoms with Gasteiger partial charge < -0.3 is 20.3 Å². The Labute approximate surface area is 152 Å². The zero-order valence-electron chi connectivity index (χ0n) is 14.9. The van der Waals surface area contributed by atoms with Crippen molar-refractivity contribution in [2.75, 3.05) is 19.0 Å². The molecule has 0 aliphatic carbocycles. The average molecular weight is 354 g/mol. The molecule has 2 aromatic rings.